The highest BCUT2D eigenvalue weighted by Gasteiger charge is 2.18. The molecule has 2 rings (SSSR count). The number of likely N-dealkylation sites (tertiary alicyclic amines) is 2. The molecule has 108 valence electrons. The van der Waals surface area contributed by atoms with Crippen LogP contribution in [0.15, 0.2) is 0 Å². The maximum atomic E-state index is 11.9. The summed E-state index contributed by atoms with van der Waals surface area (Å²) >= 11 is 0. The van der Waals surface area contributed by atoms with E-state index in [4.69, 9.17) is 0 Å². The first-order valence-corrected chi connectivity index (χ1v) is 7.58. The number of carbonyl (C=O) groups excluding carboxylic acids is 2. The molecule has 2 fully saturated rings. The third-order valence-electron chi connectivity index (χ3n) is 3.97. The highest BCUT2D eigenvalue weighted by atomic mass is 16.2. The molecule has 1 N–H and O–H groups in total. The monoisotopic (exact) mass is 267 g/mol. The van der Waals surface area contributed by atoms with Crippen LogP contribution in [0, 0.1) is 0 Å². The molecule has 0 aromatic rings. The Labute approximate surface area is 115 Å². The Morgan fingerprint density at radius 3 is 1.89 bits per heavy atom. The predicted molar refractivity (Wildman–Crippen MR) is 73.9 cm³/mol. The van der Waals surface area contributed by atoms with Gasteiger partial charge in [0, 0.05) is 39.1 Å². The van der Waals surface area contributed by atoms with Crippen LogP contribution < -0.4 is 5.32 Å². The van der Waals surface area contributed by atoms with Gasteiger partial charge in [0.15, 0.2) is 0 Å². The van der Waals surface area contributed by atoms with E-state index < -0.39 is 0 Å². The average Bonchev–Trinajstić information content (AvgIpc) is 2.49. The zero-order valence-corrected chi connectivity index (χ0v) is 11.7. The van der Waals surface area contributed by atoms with Gasteiger partial charge in [0.05, 0.1) is 0 Å². The lowest BCUT2D eigenvalue weighted by Crippen LogP contribution is -2.44. The minimum Gasteiger partial charge on any atom is -0.343 e. The fraction of sp³-hybridized carbons (Fsp3) is 0.857. The SMILES string of the molecule is O=C(CCNC(=O)N1CCCCC1)N1CCCCC1. The topological polar surface area (TPSA) is 52.7 Å². The summed E-state index contributed by atoms with van der Waals surface area (Å²) in [6, 6.07) is -0.00820. The van der Waals surface area contributed by atoms with E-state index in [9.17, 15) is 9.59 Å². The zero-order chi connectivity index (χ0) is 13.5. The number of nitrogens with one attached hydrogen (secondary N) is 1. The Morgan fingerprint density at radius 2 is 1.32 bits per heavy atom. The van der Waals surface area contributed by atoms with Crippen molar-refractivity contribution in [2.45, 2.75) is 44.9 Å². The van der Waals surface area contributed by atoms with E-state index >= 15 is 0 Å². The van der Waals surface area contributed by atoms with Crippen molar-refractivity contribution in [1.82, 2.24) is 15.1 Å². The van der Waals surface area contributed by atoms with Crippen LogP contribution in [0.2, 0.25) is 0 Å². The van der Waals surface area contributed by atoms with E-state index in [0.717, 1.165) is 51.9 Å². The molecule has 3 amide bonds. The molecular formula is C14H25N3O2. The number of nitrogens with zero attached hydrogens (tertiary/aromatic N) is 2. The largest absolute Gasteiger partial charge is 0.343 e. The van der Waals surface area contributed by atoms with Crippen LogP contribution in [0.4, 0.5) is 4.79 Å². The molecule has 2 aliphatic rings. The van der Waals surface area contributed by atoms with Gasteiger partial charge in [0.2, 0.25) is 5.91 Å². The van der Waals surface area contributed by atoms with Gasteiger partial charge < -0.3 is 15.1 Å². The molecule has 0 radical (unpaired) electrons. The van der Waals surface area contributed by atoms with Crippen molar-refractivity contribution in [3.8, 4) is 0 Å². The van der Waals surface area contributed by atoms with Gasteiger partial charge in [0.1, 0.15) is 0 Å². The van der Waals surface area contributed by atoms with Crippen molar-refractivity contribution in [3.63, 3.8) is 0 Å². The number of hydrogen-bond acceptors (Lipinski definition) is 2. The maximum Gasteiger partial charge on any atom is 0.317 e. The van der Waals surface area contributed by atoms with Gasteiger partial charge in [-0.1, -0.05) is 0 Å². The van der Waals surface area contributed by atoms with Crippen LogP contribution in [0.1, 0.15) is 44.9 Å². The first kappa shape index (κ1) is 14.2. The Hall–Kier alpha value is -1.26. The third-order valence-corrected chi connectivity index (χ3v) is 3.97. The van der Waals surface area contributed by atoms with Crippen molar-refractivity contribution >= 4 is 11.9 Å². The van der Waals surface area contributed by atoms with Crippen molar-refractivity contribution in [2.24, 2.45) is 0 Å². The minimum atomic E-state index is -0.00820. The molecule has 0 aromatic carbocycles. The molecule has 0 bridgehead atoms. The summed E-state index contributed by atoms with van der Waals surface area (Å²) in [4.78, 5) is 27.5. The second-order valence-corrected chi connectivity index (χ2v) is 5.47. The van der Waals surface area contributed by atoms with Gasteiger partial charge in [-0.05, 0) is 38.5 Å². The summed E-state index contributed by atoms with van der Waals surface area (Å²) in [5.41, 5.74) is 0. The van der Waals surface area contributed by atoms with E-state index in [0.29, 0.717) is 13.0 Å². The number of hydrogen-bond donors (Lipinski definition) is 1. The van der Waals surface area contributed by atoms with E-state index in [1.807, 2.05) is 9.80 Å². The number of carbonyl (C=O) groups is 2. The van der Waals surface area contributed by atoms with Gasteiger partial charge in [-0.2, -0.15) is 0 Å². The van der Waals surface area contributed by atoms with Crippen LogP contribution in [-0.2, 0) is 4.79 Å². The first-order valence-electron chi connectivity index (χ1n) is 7.58. The number of amides is 3. The van der Waals surface area contributed by atoms with Gasteiger partial charge in [-0.15, -0.1) is 0 Å². The fourth-order valence-corrected chi connectivity index (χ4v) is 2.79. The Balaban J connectivity index is 1.62. The molecule has 0 atom stereocenters. The normalized spacial score (nSPS) is 20.2. The lowest BCUT2D eigenvalue weighted by Gasteiger charge is -2.28. The smallest absolute Gasteiger partial charge is 0.317 e. The zero-order valence-electron chi connectivity index (χ0n) is 11.7. The summed E-state index contributed by atoms with van der Waals surface area (Å²) in [6.07, 6.45) is 7.31. The molecule has 19 heavy (non-hydrogen) atoms. The summed E-state index contributed by atoms with van der Waals surface area (Å²) < 4.78 is 0. The van der Waals surface area contributed by atoms with Gasteiger partial charge in [-0.3, -0.25) is 4.79 Å². The van der Waals surface area contributed by atoms with Gasteiger partial charge in [-0.25, -0.2) is 4.79 Å². The number of urea groups is 1. The Bertz CT molecular complexity index is 278. The van der Waals surface area contributed by atoms with Crippen molar-refractivity contribution in [2.75, 3.05) is 32.7 Å². The van der Waals surface area contributed by atoms with E-state index in [1.165, 1.54) is 12.8 Å². The molecule has 0 spiro atoms. The quantitative estimate of drug-likeness (QED) is 0.844. The highest BCUT2D eigenvalue weighted by molar-refractivity contribution is 5.78. The molecule has 0 unspecified atom stereocenters. The molecule has 0 aromatic heterocycles. The van der Waals surface area contributed by atoms with Crippen LogP contribution in [-0.4, -0.2) is 54.5 Å². The number of piperidine rings is 2. The van der Waals surface area contributed by atoms with Crippen molar-refractivity contribution < 1.29 is 9.59 Å². The fourth-order valence-electron chi connectivity index (χ4n) is 2.79. The van der Waals surface area contributed by atoms with Gasteiger partial charge in [0.25, 0.3) is 0 Å². The molecule has 2 saturated heterocycles. The third kappa shape index (κ3) is 4.40. The highest BCUT2D eigenvalue weighted by Crippen LogP contribution is 2.10. The molecule has 0 saturated carbocycles. The van der Waals surface area contributed by atoms with Crippen LogP contribution in [0.3, 0.4) is 0 Å². The summed E-state index contributed by atoms with van der Waals surface area (Å²) in [5.74, 6) is 0.179. The first-order chi connectivity index (χ1) is 9.27. The van der Waals surface area contributed by atoms with Crippen molar-refractivity contribution in [3.05, 3.63) is 0 Å². The van der Waals surface area contributed by atoms with Crippen LogP contribution >= 0.6 is 0 Å². The second-order valence-electron chi connectivity index (χ2n) is 5.47. The second kappa shape index (κ2) is 7.36. The maximum absolute atomic E-state index is 11.9. The van der Waals surface area contributed by atoms with Gasteiger partial charge >= 0.3 is 6.03 Å². The van der Waals surface area contributed by atoms with E-state index in [2.05, 4.69) is 5.32 Å². The van der Waals surface area contributed by atoms with Crippen LogP contribution in [0.5, 0.6) is 0 Å². The summed E-state index contributed by atoms with van der Waals surface area (Å²) in [5, 5.41) is 2.86. The number of rotatable bonds is 3. The van der Waals surface area contributed by atoms with Crippen molar-refractivity contribution in [1.29, 1.82) is 0 Å². The van der Waals surface area contributed by atoms with Crippen LogP contribution in [0.25, 0.3) is 0 Å². The Kier molecular flexibility index (Phi) is 5.48. The van der Waals surface area contributed by atoms with E-state index in [-0.39, 0.29) is 11.9 Å². The molecule has 2 heterocycles. The summed E-state index contributed by atoms with van der Waals surface area (Å²) in [7, 11) is 0. The molecular weight excluding hydrogens is 242 g/mol. The van der Waals surface area contributed by atoms with E-state index in [1.54, 1.807) is 0 Å². The summed E-state index contributed by atoms with van der Waals surface area (Å²) in [6.45, 7) is 3.94. The lowest BCUT2D eigenvalue weighted by atomic mass is 10.1. The molecule has 5 nitrogen and oxygen atoms in total. The lowest BCUT2D eigenvalue weighted by molar-refractivity contribution is -0.131. The predicted octanol–water partition coefficient (Wildman–Crippen LogP) is 1.58. The standard InChI is InChI=1S/C14H25N3O2/c18-13(16-9-3-1-4-10-16)7-8-15-14(19)17-11-5-2-6-12-17/h1-12H2,(H,15,19). The minimum absolute atomic E-state index is 0.00820. The molecule has 5 heteroatoms. The average molecular weight is 267 g/mol. The molecule has 2 aliphatic heterocycles. The molecule has 0 aliphatic carbocycles. The Morgan fingerprint density at radius 1 is 0.789 bits per heavy atom.